The smallest absolute Gasteiger partial charge is 0.162 e. The van der Waals surface area contributed by atoms with E-state index in [1.807, 2.05) is 19.1 Å². The molecule has 0 aromatic heterocycles. The fourth-order valence-corrected chi connectivity index (χ4v) is 4.01. The van der Waals surface area contributed by atoms with Crippen molar-refractivity contribution < 1.29 is 17.9 Å². The largest absolute Gasteiger partial charge is 0.374 e. The van der Waals surface area contributed by atoms with E-state index in [1.54, 1.807) is 30.3 Å². The van der Waals surface area contributed by atoms with Crippen LogP contribution in [0.15, 0.2) is 36.4 Å². The number of rotatable bonds is 8. The van der Waals surface area contributed by atoms with Crippen LogP contribution < -0.4 is 0 Å². The molecule has 30 heavy (non-hydrogen) atoms. The third kappa shape index (κ3) is 5.54. The quantitative estimate of drug-likeness (QED) is 0.436. The van der Waals surface area contributed by atoms with Crippen molar-refractivity contribution in [1.29, 1.82) is 0 Å². The molecule has 0 radical (unpaired) electrons. The van der Waals surface area contributed by atoms with Crippen LogP contribution >= 0.6 is 0 Å². The van der Waals surface area contributed by atoms with Crippen molar-refractivity contribution in [1.82, 2.24) is 0 Å². The minimum atomic E-state index is -0.736. The Morgan fingerprint density at radius 3 is 2.47 bits per heavy atom. The zero-order valence-corrected chi connectivity index (χ0v) is 17.9. The van der Waals surface area contributed by atoms with Gasteiger partial charge in [0.1, 0.15) is 5.82 Å². The van der Waals surface area contributed by atoms with Gasteiger partial charge in [-0.25, -0.2) is 13.2 Å². The van der Waals surface area contributed by atoms with Crippen LogP contribution in [0.2, 0.25) is 0 Å². The first kappa shape index (κ1) is 22.6. The van der Waals surface area contributed by atoms with Gasteiger partial charge in [0.25, 0.3) is 0 Å². The van der Waals surface area contributed by atoms with E-state index >= 15 is 0 Å². The van der Waals surface area contributed by atoms with Gasteiger partial charge in [-0.1, -0.05) is 63.1 Å². The SMILES string of the molecule is CCCCc1ccc(C2CCC(C=Cc3ccc(CCC)cc3F)OC2)c(F)c1F. The van der Waals surface area contributed by atoms with Crippen molar-refractivity contribution in [2.24, 2.45) is 0 Å². The summed E-state index contributed by atoms with van der Waals surface area (Å²) in [7, 11) is 0. The number of hydrogen-bond donors (Lipinski definition) is 0. The Morgan fingerprint density at radius 1 is 0.967 bits per heavy atom. The molecular weight excluding hydrogens is 385 g/mol. The summed E-state index contributed by atoms with van der Waals surface area (Å²) in [6, 6.07) is 8.75. The topological polar surface area (TPSA) is 9.23 Å². The molecule has 0 saturated carbocycles. The predicted molar refractivity (Wildman–Crippen MR) is 116 cm³/mol. The lowest BCUT2D eigenvalue weighted by Crippen LogP contribution is -2.24. The fourth-order valence-electron chi connectivity index (χ4n) is 4.01. The highest BCUT2D eigenvalue weighted by atomic mass is 19.2. The molecule has 0 spiro atoms. The molecule has 0 aliphatic carbocycles. The third-order valence-electron chi connectivity index (χ3n) is 5.84. The molecule has 1 aliphatic rings. The van der Waals surface area contributed by atoms with Crippen molar-refractivity contribution in [2.45, 2.75) is 70.8 Å². The maximum absolute atomic E-state index is 14.6. The Balaban J connectivity index is 1.60. The minimum absolute atomic E-state index is 0.146. The molecule has 4 heteroatoms. The number of unbranched alkanes of at least 4 members (excludes halogenated alkanes) is 1. The molecule has 2 atom stereocenters. The average molecular weight is 417 g/mol. The number of benzene rings is 2. The van der Waals surface area contributed by atoms with Crippen molar-refractivity contribution in [3.05, 3.63) is 76.1 Å². The van der Waals surface area contributed by atoms with Crippen molar-refractivity contribution in [3.8, 4) is 0 Å². The maximum Gasteiger partial charge on any atom is 0.162 e. The van der Waals surface area contributed by atoms with Crippen LogP contribution in [0.5, 0.6) is 0 Å². The number of hydrogen-bond acceptors (Lipinski definition) is 1. The predicted octanol–water partition coefficient (Wildman–Crippen LogP) is 7.38. The van der Waals surface area contributed by atoms with E-state index in [2.05, 4.69) is 6.92 Å². The van der Waals surface area contributed by atoms with Gasteiger partial charge in [0, 0.05) is 11.5 Å². The van der Waals surface area contributed by atoms with E-state index in [0.29, 0.717) is 42.6 Å². The maximum atomic E-state index is 14.6. The molecule has 1 aliphatic heterocycles. The third-order valence-corrected chi connectivity index (χ3v) is 5.84. The van der Waals surface area contributed by atoms with Gasteiger partial charge in [0.2, 0.25) is 0 Å². The normalized spacial score (nSPS) is 19.5. The van der Waals surface area contributed by atoms with Gasteiger partial charge in [-0.2, -0.15) is 0 Å². The first-order valence-electron chi connectivity index (χ1n) is 11.1. The van der Waals surface area contributed by atoms with Gasteiger partial charge in [-0.3, -0.25) is 0 Å². The Kier molecular flexibility index (Phi) is 8.15. The fraction of sp³-hybridized carbons (Fsp3) is 0.462. The highest BCUT2D eigenvalue weighted by Gasteiger charge is 2.26. The summed E-state index contributed by atoms with van der Waals surface area (Å²) >= 11 is 0. The molecule has 1 heterocycles. The Bertz CT molecular complexity index is 867. The minimum Gasteiger partial charge on any atom is -0.374 e. The van der Waals surface area contributed by atoms with E-state index < -0.39 is 11.6 Å². The second-order valence-corrected chi connectivity index (χ2v) is 8.16. The van der Waals surface area contributed by atoms with Crippen LogP contribution in [0.1, 0.15) is 74.1 Å². The second-order valence-electron chi connectivity index (χ2n) is 8.16. The summed E-state index contributed by atoms with van der Waals surface area (Å²) in [6.45, 7) is 4.43. The molecule has 1 fully saturated rings. The van der Waals surface area contributed by atoms with E-state index in [4.69, 9.17) is 4.74 Å². The Morgan fingerprint density at radius 2 is 1.80 bits per heavy atom. The van der Waals surface area contributed by atoms with Crippen molar-refractivity contribution in [3.63, 3.8) is 0 Å². The molecule has 162 valence electrons. The molecule has 0 bridgehead atoms. The van der Waals surface area contributed by atoms with Crippen LogP contribution in [0.3, 0.4) is 0 Å². The van der Waals surface area contributed by atoms with Gasteiger partial charge >= 0.3 is 0 Å². The molecule has 0 amide bonds. The lowest BCUT2D eigenvalue weighted by molar-refractivity contribution is 0.0322. The van der Waals surface area contributed by atoms with E-state index in [0.717, 1.165) is 31.2 Å². The van der Waals surface area contributed by atoms with Gasteiger partial charge in [-0.15, -0.1) is 0 Å². The number of aryl methyl sites for hydroxylation is 2. The standard InChI is InChI=1S/C26H31F3O/c1-3-5-7-20-12-15-23(26(29)25(20)28)21-11-14-22(30-17-21)13-10-19-9-8-18(6-4-2)16-24(19)27/h8-10,12-13,15-16,21-22H,3-7,11,14,17H2,1-2H3. The first-order valence-corrected chi connectivity index (χ1v) is 11.1. The zero-order chi connectivity index (χ0) is 21.5. The van der Waals surface area contributed by atoms with Gasteiger partial charge in [0.15, 0.2) is 11.6 Å². The van der Waals surface area contributed by atoms with Crippen LogP contribution in [0.4, 0.5) is 13.2 Å². The second kappa shape index (κ2) is 10.8. The summed E-state index contributed by atoms with van der Waals surface area (Å²) in [5.41, 5.74) is 2.38. The zero-order valence-electron chi connectivity index (χ0n) is 17.9. The summed E-state index contributed by atoms with van der Waals surface area (Å²) in [6.07, 6.45) is 9.06. The summed E-state index contributed by atoms with van der Waals surface area (Å²) < 4.78 is 49.1. The first-order chi connectivity index (χ1) is 14.5. The summed E-state index contributed by atoms with van der Waals surface area (Å²) in [4.78, 5) is 0. The Hall–Kier alpha value is -2.07. The van der Waals surface area contributed by atoms with Gasteiger partial charge in [0.05, 0.1) is 12.7 Å². The highest BCUT2D eigenvalue weighted by Crippen LogP contribution is 2.32. The van der Waals surface area contributed by atoms with E-state index in [1.165, 1.54) is 0 Å². The molecule has 2 aromatic carbocycles. The summed E-state index contributed by atoms with van der Waals surface area (Å²) in [5.74, 6) is -1.84. The molecular formula is C26H31F3O. The molecule has 2 aromatic rings. The molecule has 1 nitrogen and oxygen atoms in total. The summed E-state index contributed by atoms with van der Waals surface area (Å²) in [5, 5.41) is 0. The van der Waals surface area contributed by atoms with Gasteiger partial charge in [-0.05, 0) is 54.9 Å². The number of ether oxygens (including phenoxy) is 1. The van der Waals surface area contributed by atoms with Crippen LogP contribution in [0.25, 0.3) is 6.08 Å². The van der Waals surface area contributed by atoms with E-state index in [9.17, 15) is 13.2 Å². The van der Waals surface area contributed by atoms with Crippen LogP contribution in [0, 0.1) is 17.5 Å². The molecule has 0 N–H and O–H groups in total. The molecule has 2 unspecified atom stereocenters. The van der Waals surface area contributed by atoms with Crippen molar-refractivity contribution >= 4 is 6.08 Å². The monoisotopic (exact) mass is 416 g/mol. The van der Waals surface area contributed by atoms with Crippen molar-refractivity contribution in [2.75, 3.05) is 6.61 Å². The van der Waals surface area contributed by atoms with Gasteiger partial charge < -0.3 is 4.74 Å². The number of halogens is 3. The Labute approximate surface area is 178 Å². The molecule has 1 saturated heterocycles. The highest BCUT2D eigenvalue weighted by molar-refractivity contribution is 5.51. The molecule has 3 rings (SSSR count). The van der Waals surface area contributed by atoms with Crippen LogP contribution in [-0.2, 0) is 17.6 Å². The lowest BCUT2D eigenvalue weighted by Gasteiger charge is -2.28. The lowest BCUT2D eigenvalue weighted by atomic mass is 9.89. The van der Waals surface area contributed by atoms with Crippen LogP contribution in [-0.4, -0.2) is 12.7 Å². The van der Waals surface area contributed by atoms with E-state index in [-0.39, 0.29) is 17.8 Å². The average Bonchev–Trinajstić information content (AvgIpc) is 2.75.